The predicted molar refractivity (Wildman–Crippen MR) is 57.3 cm³/mol. The SMILES string of the molecule is O=C(O)CC1CN(Cc2cc(F)c(F)c(F)c2)C1. The van der Waals surface area contributed by atoms with Crippen LogP contribution in [-0.2, 0) is 11.3 Å². The molecule has 1 aliphatic heterocycles. The van der Waals surface area contributed by atoms with Crippen molar-refractivity contribution >= 4 is 5.97 Å². The molecule has 1 saturated heterocycles. The summed E-state index contributed by atoms with van der Waals surface area (Å²) in [6.45, 7) is 1.45. The van der Waals surface area contributed by atoms with Crippen LogP contribution in [0.4, 0.5) is 13.2 Å². The molecule has 0 bridgehead atoms. The molecule has 0 spiro atoms. The fraction of sp³-hybridized carbons (Fsp3) is 0.417. The van der Waals surface area contributed by atoms with E-state index in [-0.39, 0.29) is 12.3 Å². The highest BCUT2D eigenvalue weighted by Crippen LogP contribution is 2.22. The molecule has 98 valence electrons. The summed E-state index contributed by atoms with van der Waals surface area (Å²) in [4.78, 5) is 12.3. The minimum absolute atomic E-state index is 0.0812. The van der Waals surface area contributed by atoms with Gasteiger partial charge in [-0.15, -0.1) is 0 Å². The molecule has 1 N–H and O–H groups in total. The molecule has 2 rings (SSSR count). The molecule has 0 radical (unpaired) electrons. The smallest absolute Gasteiger partial charge is 0.303 e. The van der Waals surface area contributed by atoms with Gasteiger partial charge in [0.15, 0.2) is 17.5 Å². The Morgan fingerprint density at radius 2 is 1.83 bits per heavy atom. The molecule has 1 aromatic rings. The number of hydrogen-bond donors (Lipinski definition) is 1. The molecular formula is C12H12F3NO2. The summed E-state index contributed by atoms with van der Waals surface area (Å²) in [5, 5.41) is 8.57. The number of carbonyl (C=O) groups is 1. The van der Waals surface area contributed by atoms with Crippen molar-refractivity contribution < 1.29 is 23.1 Å². The third-order valence-corrected chi connectivity index (χ3v) is 2.95. The average Bonchev–Trinajstić information content (AvgIpc) is 2.22. The summed E-state index contributed by atoms with van der Waals surface area (Å²) < 4.78 is 38.6. The average molecular weight is 259 g/mol. The molecule has 0 aromatic heterocycles. The molecule has 1 fully saturated rings. The molecule has 0 saturated carbocycles. The highest BCUT2D eigenvalue weighted by Gasteiger charge is 2.28. The molecule has 1 heterocycles. The van der Waals surface area contributed by atoms with Crippen LogP contribution >= 0.6 is 0 Å². The molecule has 0 aliphatic carbocycles. The second kappa shape index (κ2) is 4.97. The van der Waals surface area contributed by atoms with Gasteiger partial charge in [-0.1, -0.05) is 0 Å². The van der Waals surface area contributed by atoms with Crippen molar-refractivity contribution in [1.82, 2.24) is 4.90 Å². The number of carboxylic acid groups (broad SMARTS) is 1. The fourth-order valence-electron chi connectivity index (χ4n) is 2.14. The number of halogens is 3. The normalized spacial score (nSPS) is 16.6. The standard InChI is InChI=1S/C12H12F3NO2/c13-9-1-7(2-10(14)12(9)15)4-16-5-8(6-16)3-11(17)18/h1-2,8H,3-6H2,(H,17,18). The Bertz CT molecular complexity index is 449. The van der Waals surface area contributed by atoms with Gasteiger partial charge in [0.1, 0.15) is 0 Å². The maximum absolute atomic E-state index is 12.9. The molecule has 0 unspecified atom stereocenters. The van der Waals surface area contributed by atoms with E-state index >= 15 is 0 Å². The largest absolute Gasteiger partial charge is 0.481 e. The number of aliphatic carboxylic acids is 1. The van der Waals surface area contributed by atoms with Gasteiger partial charge >= 0.3 is 5.97 Å². The summed E-state index contributed by atoms with van der Waals surface area (Å²) in [7, 11) is 0. The van der Waals surface area contributed by atoms with E-state index in [0.717, 1.165) is 12.1 Å². The molecule has 3 nitrogen and oxygen atoms in total. The van der Waals surface area contributed by atoms with Gasteiger partial charge in [-0.2, -0.15) is 0 Å². The second-order valence-corrected chi connectivity index (χ2v) is 4.53. The molecular weight excluding hydrogens is 247 g/mol. The van der Waals surface area contributed by atoms with Crippen molar-refractivity contribution in [2.24, 2.45) is 5.92 Å². The Balaban J connectivity index is 1.91. The topological polar surface area (TPSA) is 40.5 Å². The van der Waals surface area contributed by atoms with E-state index in [2.05, 4.69) is 0 Å². The summed E-state index contributed by atoms with van der Waals surface area (Å²) >= 11 is 0. The van der Waals surface area contributed by atoms with Gasteiger partial charge in [0.25, 0.3) is 0 Å². The van der Waals surface area contributed by atoms with Crippen LogP contribution < -0.4 is 0 Å². The first-order chi connectivity index (χ1) is 8.45. The van der Waals surface area contributed by atoms with Gasteiger partial charge in [-0.25, -0.2) is 13.2 Å². The quantitative estimate of drug-likeness (QED) is 0.841. The fourth-order valence-corrected chi connectivity index (χ4v) is 2.14. The van der Waals surface area contributed by atoms with E-state index in [1.807, 2.05) is 4.90 Å². The molecule has 6 heteroatoms. The van der Waals surface area contributed by atoms with Crippen LogP contribution in [-0.4, -0.2) is 29.1 Å². The van der Waals surface area contributed by atoms with E-state index in [4.69, 9.17) is 5.11 Å². The van der Waals surface area contributed by atoms with E-state index < -0.39 is 23.4 Å². The van der Waals surface area contributed by atoms with Gasteiger partial charge in [-0.3, -0.25) is 9.69 Å². The lowest BCUT2D eigenvalue weighted by Crippen LogP contribution is -2.46. The molecule has 1 aliphatic rings. The van der Waals surface area contributed by atoms with E-state index in [1.165, 1.54) is 0 Å². The van der Waals surface area contributed by atoms with Crippen LogP contribution in [0, 0.1) is 23.4 Å². The zero-order chi connectivity index (χ0) is 13.3. The first-order valence-corrected chi connectivity index (χ1v) is 5.53. The van der Waals surface area contributed by atoms with Crippen molar-refractivity contribution in [3.63, 3.8) is 0 Å². The van der Waals surface area contributed by atoms with Gasteiger partial charge in [0.2, 0.25) is 0 Å². The first kappa shape index (κ1) is 12.9. The number of nitrogens with zero attached hydrogens (tertiary/aromatic N) is 1. The third-order valence-electron chi connectivity index (χ3n) is 2.95. The lowest BCUT2D eigenvalue weighted by molar-refractivity contribution is -0.139. The number of hydrogen-bond acceptors (Lipinski definition) is 2. The zero-order valence-electron chi connectivity index (χ0n) is 9.50. The van der Waals surface area contributed by atoms with Crippen molar-refractivity contribution in [1.29, 1.82) is 0 Å². The second-order valence-electron chi connectivity index (χ2n) is 4.53. The first-order valence-electron chi connectivity index (χ1n) is 5.53. The Morgan fingerprint density at radius 1 is 1.28 bits per heavy atom. The van der Waals surface area contributed by atoms with Crippen LogP contribution in [0.15, 0.2) is 12.1 Å². The van der Waals surface area contributed by atoms with Crippen molar-refractivity contribution in [3.05, 3.63) is 35.1 Å². The van der Waals surface area contributed by atoms with Gasteiger partial charge < -0.3 is 5.11 Å². The van der Waals surface area contributed by atoms with Crippen LogP contribution in [0.25, 0.3) is 0 Å². The van der Waals surface area contributed by atoms with Crippen molar-refractivity contribution in [2.45, 2.75) is 13.0 Å². The summed E-state index contributed by atoms with van der Waals surface area (Å²) in [6, 6.07) is 1.92. The summed E-state index contributed by atoms with van der Waals surface area (Å²) in [5.41, 5.74) is 0.347. The van der Waals surface area contributed by atoms with Crippen molar-refractivity contribution in [3.8, 4) is 0 Å². The number of rotatable bonds is 4. The van der Waals surface area contributed by atoms with Crippen LogP contribution in [0.5, 0.6) is 0 Å². The number of carboxylic acids is 1. The lowest BCUT2D eigenvalue weighted by Gasteiger charge is -2.38. The van der Waals surface area contributed by atoms with Crippen LogP contribution in [0.1, 0.15) is 12.0 Å². The van der Waals surface area contributed by atoms with Gasteiger partial charge in [0, 0.05) is 19.6 Å². The molecule has 18 heavy (non-hydrogen) atoms. The summed E-state index contributed by atoms with van der Waals surface area (Å²) in [5.74, 6) is -4.64. The third kappa shape index (κ3) is 2.81. The highest BCUT2D eigenvalue weighted by molar-refractivity contribution is 5.67. The minimum Gasteiger partial charge on any atom is -0.481 e. The molecule has 0 amide bonds. The Kier molecular flexibility index (Phi) is 3.56. The lowest BCUT2D eigenvalue weighted by atomic mass is 9.96. The monoisotopic (exact) mass is 259 g/mol. The van der Waals surface area contributed by atoms with Gasteiger partial charge in [-0.05, 0) is 23.6 Å². The molecule has 0 atom stereocenters. The Morgan fingerprint density at radius 3 is 2.33 bits per heavy atom. The highest BCUT2D eigenvalue weighted by atomic mass is 19.2. The maximum Gasteiger partial charge on any atom is 0.303 e. The number of benzene rings is 1. The van der Waals surface area contributed by atoms with Crippen LogP contribution in [0.2, 0.25) is 0 Å². The van der Waals surface area contributed by atoms with E-state index in [9.17, 15) is 18.0 Å². The minimum atomic E-state index is -1.47. The van der Waals surface area contributed by atoms with Gasteiger partial charge in [0.05, 0.1) is 6.42 Å². The zero-order valence-corrected chi connectivity index (χ0v) is 9.50. The Hall–Kier alpha value is -1.56. The number of likely N-dealkylation sites (tertiary alicyclic amines) is 1. The Labute approximate surface area is 102 Å². The van der Waals surface area contributed by atoms with Crippen LogP contribution in [0.3, 0.4) is 0 Å². The predicted octanol–water partition coefficient (Wildman–Crippen LogP) is 2.01. The van der Waals surface area contributed by atoms with E-state index in [1.54, 1.807) is 0 Å². The molecule has 1 aromatic carbocycles. The summed E-state index contributed by atoms with van der Waals surface area (Å²) in [6.07, 6.45) is 0.0998. The van der Waals surface area contributed by atoms with E-state index in [0.29, 0.717) is 25.2 Å². The maximum atomic E-state index is 12.9. The van der Waals surface area contributed by atoms with Crippen molar-refractivity contribution in [2.75, 3.05) is 13.1 Å².